The lowest BCUT2D eigenvalue weighted by Crippen LogP contribution is -2.54. The highest BCUT2D eigenvalue weighted by Gasteiger charge is 2.58. The summed E-state index contributed by atoms with van der Waals surface area (Å²) in [5.74, 6) is -1.68. The van der Waals surface area contributed by atoms with E-state index in [1.807, 2.05) is 12.1 Å². The molecule has 8 nitrogen and oxygen atoms in total. The average Bonchev–Trinajstić information content (AvgIpc) is 2.72. The first kappa shape index (κ1) is 18.9. The zero-order chi connectivity index (χ0) is 20.5. The number of nitrogens with zero attached hydrogens (tertiary/aromatic N) is 4. The molecule has 0 unspecified atom stereocenters. The number of primary amides is 1. The molecule has 3 rings (SSSR count). The molecule has 8 heteroatoms. The summed E-state index contributed by atoms with van der Waals surface area (Å²) in [5, 5.41) is 38.1. The van der Waals surface area contributed by atoms with Crippen LogP contribution in [-0.4, -0.2) is 36.8 Å². The summed E-state index contributed by atoms with van der Waals surface area (Å²) < 4.78 is 5.27. The topological polar surface area (TPSA) is 151 Å². The highest BCUT2D eigenvalue weighted by Crippen LogP contribution is 2.53. The van der Waals surface area contributed by atoms with Crippen molar-refractivity contribution < 1.29 is 9.53 Å². The minimum Gasteiger partial charge on any atom is -0.497 e. The molecule has 28 heavy (non-hydrogen) atoms. The number of carbonyl (C=O) groups is 1. The lowest BCUT2D eigenvalue weighted by atomic mass is 9.54. The summed E-state index contributed by atoms with van der Waals surface area (Å²) in [7, 11) is 1.51. The minimum absolute atomic E-state index is 0.166. The molecule has 1 fully saturated rings. The molecule has 1 aliphatic heterocycles. The number of ether oxygens (including phenoxy) is 1. The summed E-state index contributed by atoms with van der Waals surface area (Å²) in [5.41, 5.74) is 4.66. The number of methoxy groups -OCH3 is 1. The number of amides is 2. The van der Waals surface area contributed by atoms with Crippen molar-refractivity contribution in [2.24, 2.45) is 23.0 Å². The monoisotopic (exact) mass is 374 g/mol. The van der Waals surface area contributed by atoms with Crippen molar-refractivity contribution in [3.63, 3.8) is 0 Å². The highest BCUT2D eigenvalue weighted by molar-refractivity contribution is 6.01. The lowest BCUT2D eigenvalue weighted by Gasteiger charge is -2.47. The molecule has 1 heterocycles. The van der Waals surface area contributed by atoms with Gasteiger partial charge in [0.1, 0.15) is 11.7 Å². The summed E-state index contributed by atoms with van der Waals surface area (Å²) in [6.07, 6.45) is 1.72. The number of hydrogen-bond acceptors (Lipinski definition) is 6. The second kappa shape index (κ2) is 7.06. The summed E-state index contributed by atoms with van der Waals surface area (Å²) in [6, 6.07) is 12.4. The van der Waals surface area contributed by atoms with E-state index in [0.29, 0.717) is 16.9 Å². The fraction of sp³-hybridized carbons (Fsp3) is 0.350. The van der Waals surface area contributed by atoms with E-state index >= 15 is 0 Å². The molecule has 1 saturated carbocycles. The Morgan fingerprint density at radius 3 is 2.64 bits per heavy atom. The molecule has 2 amide bonds. The molecule has 0 aromatic heterocycles. The van der Waals surface area contributed by atoms with E-state index in [4.69, 9.17) is 15.9 Å². The number of hydrogen-bond donors (Lipinski definition) is 2. The van der Waals surface area contributed by atoms with E-state index in [9.17, 15) is 20.6 Å². The van der Waals surface area contributed by atoms with E-state index in [0.717, 1.165) is 0 Å². The number of carbonyl (C=O) groups excluding carboxylic acids is 1. The van der Waals surface area contributed by atoms with Crippen LogP contribution in [-0.2, 0) is 0 Å². The Kier molecular flexibility index (Phi) is 4.78. The van der Waals surface area contributed by atoms with Crippen molar-refractivity contribution >= 4 is 11.7 Å². The van der Waals surface area contributed by atoms with Gasteiger partial charge in [-0.25, -0.2) is 4.79 Å². The van der Waals surface area contributed by atoms with E-state index in [1.54, 1.807) is 30.3 Å². The first-order valence-electron chi connectivity index (χ1n) is 8.62. The van der Waals surface area contributed by atoms with E-state index < -0.39 is 29.2 Å². The number of rotatable bonds is 2. The number of nitriles is 3. The standard InChI is InChI=1S/C20H18N6O2/c1-28-13-4-2-3-12(7-13)17-16-9-26(19(25)27)6-5-14(16)15(8-21)18(24)20(17,10-22)11-23/h2-5,7,15-17,24H,6,9H2,1H3,(H2,25,27)/t15-,16-,17+/m1/s1. The van der Waals surface area contributed by atoms with Crippen molar-refractivity contribution in [3.8, 4) is 24.0 Å². The maximum Gasteiger partial charge on any atom is 0.315 e. The van der Waals surface area contributed by atoms with Gasteiger partial charge in [-0.1, -0.05) is 18.2 Å². The predicted molar refractivity (Wildman–Crippen MR) is 99.0 cm³/mol. The smallest absolute Gasteiger partial charge is 0.315 e. The highest BCUT2D eigenvalue weighted by atomic mass is 16.5. The van der Waals surface area contributed by atoms with Gasteiger partial charge in [0.15, 0.2) is 5.41 Å². The molecule has 1 aromatic rings. The third-order valence-electron chi connectivity index (χ3n) is 5.55. The van der Waals surface area contributed by atoms with Crippen LogP contribution in [0.1, 0.15) is 11.5 Å². The van der Waals surface area contributed by atoms with Crippen LogP contribution in [0.4, 0.5) is 4.79 Å². The second-order valence-electron chi connectivity index (χ2n) is 6.82. The molecular formula is C20H18N6O2. The average molecular weight is 374 g/mol. The van der Waals surface area contributed by atoms with Gasteiger partial charge in [0.2, 0.25) is 0 Å². The van der Waals surface area contributed by atoms with Crippen LogP contribution < -0.4 is 10.5 Å². The summed E-state index contributed by atoms with van der Waals surface area (Å²) in [4.78, 5) is 13.2. The SMILES string of the molecule is COc1cccc([C@H]2[C@@H]3CN(C(N)=O)CC=C3[C@@H](C#N)C(=N)C2(C#N)C#N)c1. The van der Waals surface area contributed by atoms with Crippen molar-refractivity contribution in [3.05, 3.63) is 41.5 Å². The number of benzene rings is 1. The van der Waals surface area contributed by atoms with Crippen LogP contribution in [0, 0.1) is 56.7 Å². The Morgan fingerprint density at radius 2 is 2.07 bits per heavy atom. The third kappa shape index (κ3) is 2.66. The van der Waals surface area contributed by atoms with Crippen LogP contribution in [0.2, 0.25) is 0 Å². The Bertz CT molecular complexity index is 979. The van der Waals surface area contributed by atoms with E-state index in [2.05, 4.69) is 6.07 Å². The molecule has 0 radical (unpaired) electrons. The molecule has 3 N–H and O–H groups in total. The molecule has 1 aliphatic carbocycles. The van der Waals surface area contributed by atoms with Gasteiger partial charge < -0.3 is 20.8 Å². The molecule has 140 valence electrons. The summed E-state index contributed by atoms with van der Waals surface area (Å²) >= 11 is 0. The Morgan fingerprint density at radius 1 is 1.36 bits per heavy atom. The Labute approximate surface area is 162 Å². The van der Waals surface area contributed by atoms with Gasteiger partial charge in [0, 0.05) is 24.9 Å². The van der Waals surface area contributed by atoms with Crippen LogP contribution in [0.15, 0.2) is 35.9 Å². The predicted octanol–water partition coefficient (Wildman–Crippen LogP) is 1.92. The van der Waals surface area contributed by atoms with Gasteiger partial charge in [-0.15, -0.1) is 0 Å². The largest absolute Gasteiger partial charge is 0.497 e. The first-order chi connectivity index (χ1) is 13.4. The van der Waals surface area contributed by atoms with Crippen LogP contribution in [0.25, 0.3) is 0 Å². The van der Waals surface area contributed by atoms with Gasteiger partial charge in [-0.3, -0.25) is 0 Å². The first-order valence-corrected chi connectivity index (χ1v) is 8.62. The molecule has 0 saturated heterocycles. The Balaban J connectivity index is 2.26. The number of nitrogens with one attached hydrogen (secondary N) is 1. The number of urea groups is 1. The fourth-order valence-corrected chi connectivity index (χ4v) is 4.20. The third-order valence-corrected chi connectivity index (χ3v) is 5.55. The maximum absolute atomic E-state index is 11.7. The number of nitrogens with two attached hydrogens (primary N) is 1. The lowest BCUT2D eigenvalue weighted by molar-refractivity contribution is 0.189. The van der Waals surface area contributed by atoms with Crippen LogP contribution >= 0.6 is 0 Å². The van der Waals surface area contributed by atoms with Crippen molar-refractivity contribution in [1.29, 1.82) is 21.2 Å². The molecule has 2 aliphatic rings. The van der Waals surface area contributed by atoms with Gasteiger partial charge >= 0.3 is 6.03 Å². The van der Waals surface area contributed by atoms with Gasteiger partial charge in [0.25, 0.3) is 0 Å². The zero-order valence-electron chi connectivity index (χ0n) is 15.2. The fourth-order valence-electron chi connectivity index (χ4n) is 4.20. The molecule has 0 spiro atoms. The van der Waals surface area contributed by atoms with Crippen LogP contribution in [0.3, 0.4) is 0 Å². The Hall–Kier alpha value is -3.83. The van der Waals surface area contributed by atoms with Crippen molar-refractivity contribution in [2.45, 2.75) is 5.92 Å². The van der Waals surface area contributed by atoms with Crippen LogP contribution in [0.5, 0.6) is 5.75 Å². The van der Waals surface area contributed by atoms with Gasteiger partial charge in [0.05, 0.1) is 31.0 Å². The van der Waals surface area contributed by atoms with Crippen molar-refractivity contribution in [2.75, 3.05) is 20.2 Å². The molecule has 3 atom stereocenters. The van der Waals surface area contributed by atoms with Crippen molar-refractivity contribution in [1.82, 2.24) is 4.90 Å². The minimum atomic E-state index is -1.84. The quantitative estimate of drug-likeness (QED) is 0.758. The van der Waals surface area contributed by atoms with Gasteiger partial charge in [-0.05, 0) is 23.3 Å². The molecular weight excluding hydrogens is 356 g/mol. The molecule has 1 aromatic carbocycles. The maximum atomic E-state index is 11.7. The molecule has 0 bridgehead atoms. The second-order valence-corrected chi connectivity index (χ2v) is 6.82. The number of fused-ring (bicyclic) bond motifs is 1. The zero-order valence-corrected chi connectivity index (χ0v) is 15.2. The summed E-state index contributed by atoms with van der Waals surface area (Å²) in [6.45, 7) is 0.392. The normalized spacial score (nSPS) is 25.4. The van der Waals surface area contributed by atoms with E-state index in [-0.39, 0.29) is 18.8 Å². The van der Waals surface area contributed by atoms with E-state index in [1.165, 1.54) is 12.0 Å². The van der Waals surface area contributed by atoms with Gasteiger partial charge in [-0.2, -0.15) is 15.8 Å².